The van der Waals surface area contributed by atoms with Crippen molar-refractivity contribution in [1.82, 2.24) is 0 Å². The first-order chi connectivity index (χ1) is 18.3. The van der Waals surface area contributed by atoms with Crippen molar-refractivity contribution in [3.05, 3.63) is 81.4 Å². The molecule has 0 saturated heterocycles. The molecule has 3 aromatic rings. The predicted molar refractivity (Wildman–Crippen MR) is 145 cm³/mol. The summed E-state index contributed by atoms with van der Waals surface area (Å²) in [7, 11) is 7.59. The molecule has 1 N–H and O–H groups in total. The first-order valence-corrected chi connectivity index (χ1v) is 11.3. The Balaban J connectivity index is 1.90. The van der Waals surface area contributed by atoms with Crippen LogP contribution in [0.25, 0.3) is 18.2 Å². The maximum atomic E-state index is 12.7. The SMILES string of the molecule is COc1cc(C=Cc2cc(OC)c(OC)c(OC)c2)cc(NC(=O)/C=C/c2cccc([N+](=O)[O-])c2)c1OC. The molecule has 0 aliphatic heterocycles. The van der Waals surface area contributed by atoms with E-state index in [0.717, 1.165) is 11.1 Å². The fourth-order valence-electron chi connectivity index (χ4n) is 3.65. The van der Waals surface area contributed by atoms with Crippen LogP contribution in [-0.4, -0.2) is 46.4 Å². The van der Waals surface area contributed by atoms with Gasteiger partial charge in [-0.15, -0.1) is 0 Å². The molecule has 0 aromatic heterocycles. The number of carbonyl (C=O) groups is 1. The van der Waals surface area contributed by atoms with Gasteiger partial charge in [0.15, 0.2) is 23.0 Å². The Bertz CT molecular complexity index is 1360. The Hall–Kier alpha value is -4.99. The van der Waals surface area contributed by atoms with Crippen molar-refractivity contribution in [3.63, 3.8) is 0 Å². The predicted octanol–water partition coefficient (Wildman–Crippen LogP) is 5.46. The van der Waals surface area contributed by atoms with E-state index in [0.29, 0.717) is 40.0 Å². The average molecular weight is 521 g/mol. The molecule has 0 bridgehead atoms. The molecule has 0 heterocycles. The molecule has 10 nitrogen and oxygen atoms in total. The van der Waals surface area contributed by atoms with Gasteiger partial charge in [-0.2, -0.15) is 0 Å². The average Bonchev–Trinajstić information content (AvgIpc) is 2.93. The molecule has 0 unspecified atom stereocenters. The zero-order valence-corrected chi connectivity index (χ0v) is 21.6. The van der Waals surface area contributed by atoms with Gasteiger partial charge < -0.3 is 29.0 Å². The highest BCUT2D eigenvalue weighted by atomic mass is 16.6. The lowest BCUT2D eigenvalue weighted by Gasteiger charge is -2.14. The summed E-state index contributed by atoms with van der Waals surface area (Å²) >= 11 is 0. The summed E-state index contributed by atoms with van der Waals surface area (Å²) in [4.78, 5) is 23.2. The van der Waals surface area contributed by atoms with Gasteiger partial charge in [-0.1, -0.05) is 24.3 Å². The van der Waals surface area contributed by atoms with Gasteiger partial charge in [0.25, 0.3) is 5.69 Å². The van der Waals surface area contributed by atoms with Crippen molar-refractivity contribution in [1.29, 1.82) is 0 Å². The lowest BCUT2D eigenvalue weighted by molar-refractivity contribution is -0.384. The van der Waals surface area contributed by atoms with Gasteiger partial charge >= 0.3 is 0 Å². The van der Waals surface area contributed by atoms with Gasteiger partial charge in [-0.25, -0.2) is 0 Å². The Kier molecular flexibility index (Phi) is 9.31. The number of hydrogen-bond acceptors (Lipinski definition) is 8. The molecule has 0 atom stereocenters. The number of non-ortho nitro benzene ring substituents is 1. The monoisotopic (exact) mass is 520 g/mol. The highest BCUT2D eigenvalue weighted by Gasteiger charge is 2.15. The Labute approximate surface area is 220 Å². The Morgan fingerprint density at radius 1 is 0.737 bits per heavy atom. The van der Waals surface area contributed by atoms with Gasteiger partial charge in [-0.3, -0.25) is 14.9 Å². The molecule has 0 aliphatic carbocycles. The number of methoxy groups -OCH3 is 5. The zero-order chi connectivity index (χ0) is 27.7. The standard InChI is InChI=1S/C28H28N2O8/c1-34-23-15-19(9-10-20-16-24(35-2)28(38-5)25(17-20)36-3)14-22(27(23)37-4)29-26(31)12-11-18-7-6-8-21(13-18)30(32)33/h6-17H,1-5H3,(H,29,31)/b10-9?,12-11+. The minimum Gasteiger partial charge on any atom is -0.493 e. The highest BCUT2D eigenvalue weighted by molar-refractivity contribution is 6.03. The summed E-state index contributed by atoms with van der Waals surface area (Å²) in [5.74, 6) is 1.82. The van der Waals surface area contributed by atoms with E-state index >= 15 is 0 Å². The van der Waals surface area contributed by atoms with Gasteiger partial charge in [0.2, 0.25) is 11.7 Å². The van der Waals surface area contributed by atoms with Crippen LogP contribution in [-0.2, 0) is 4.79 Å². The molecule has 0 radical (unpaired) electrons. The number of amides is 1. The van der Waals surface area contributed by atoms with E-state index in [1.807, 2.05) is 12.2 Å². The van der Waals surface area contributed by atoms with E-state index in [-0.39, 0.29) is 5.69 Å². The lowest BCUT2D eigenvalue weighted by Crippen LogP contribution is -2.09. The highest BCUT2D eigenvalue weighted by Crippen LogP contribution is 2.40. The van der Waals surface area contributed by atoms with Gasteiger partial charge in [0.05, 0.1) is 46.2 Å². The number of rotatable bonds is 11. The summed E-state index contributed by atoms with van der Waals surface area (Å²) in [6, 6.07) is 13.1. The molecular formula is C28H28N2O8. The normalized spacial score (nSPS) is 10.9. The second-order valence-electron chi connectivity index (χ2n) is 7.77. The van der Waals surface area contributed by atoms with Crippen LogP contribution in [0.3, 0.4) is 0 Å². The molecule has 38 heavy (non-hydrogen) atoms. The largest absolute Gasteiger partial charge is 0.493 e. The van der Waals surface area contributed by atoms with Crippen LogP contribution in [0.4, 0.5) is 11.4 Å². The lowest BCUT2D eigenvalue weighted by atomic mass is 10.1. The third-order valence-corrected chi connectivity index (χ3v) is 5.42. The van der Waals surface area contributed by atoms with Crippen molar-refractivity contribution in [2.75, 3.05) is 40.9 Å². The third-order valence-electron chi connectivity index (χ3n) is 5.42. The molecule has 3 rings (SSSR count). The maximum Gasteiger partial charge on any atom is 0.270 e. The summed E-state index contributed by atoms with van der Waals surface area (Å²) in [5, 5.41) is 13.8. The molecule has 0 fully saturated rings. The zero-order valence-electron chi connectivity index (χ0n) is 21.6. The summed E-state index contributed by atoms with van der Waals surface area (Å²) in [6.45, 7) is 0. The maximum absolute atomic E-state index is 12.7. The number of nitrogens with one attached hydrogen (secondary N) is 1. The number of anilines is 1. The first-order valence-electron chi connectivity index (χ1n) is 11.3. The summed E-state index contributed by atoms with van der Waals surface area (Å²) < 4.78 is 27.1. The minimum atomic E-state index is -0.494. The molecule has 1 amide bonds. The molecule has 10 heteroatoms. The van der Waals surface area contributed by atoms with Gasteiger partial charge in [0, 0.05) is 18.2 Å². The summed E-state index contributed by atoms with van der Waals surface area (Å²) in [6.07, 6.45) is 6.44. The fraction of sp³-hybridized carbons (Fsp3) is 0.179. The number of carbonyl (C=O) groups excluding carboxylic acids is 1. The van der Waals surface area contributed by atoms with Crippen molar-refractivity contribution in [3.8, 4) is 28.7 Å². The molecular weight excluding hydrogens is 492 g/mol. The van der Waals surface area contributed by atoms with Crippen LogP contribution >= 0.6 is 0 Å². The van der Waals surface area contributed by atoms with Crippen LogP contribution in [0.2, 0.25) is 0 Å². The number of ether oxygens (including phenoxy) is 5. The fourth-order valence-corrected chi connectivity index (χ4v) is 3.65. The van der Waals surface area contributed by atoms with Gasteiger partial charge in [0.1, 0.15) is 0 Å². The molecule has 0 saturated carbocycles. The van der Waals surface area contributed by atoms with Crippen molar-refractivity contribution in [2.45, 2.75) is 0 Å². The van der Waals surface area contributed by atoms with Crippen molar-refractivity contribution < 1.29 is 33.4 Å². The van der Waals surface area contributed by atoms with E-state index in [4.69, 9.17) is 23.7 Å². The minimum absolute atomic E-state index is 0.0643. The smallest absolute Gasteiger partial charge is 0.270 e. The van der Waals surface area contributed by atoms with Crippen LogP contribution in [0.1, 0.15) is 16.7 Å². The molecule has 0 spiro atoms. The summed E-state index contributed by atoms with van der Waals surface area (Å²) in [5.41, 5.74) is 2.34. The van der Waals surface area contributed by atoms with Crippen molar-refractivity contribution >= 4 is 35.5 Å². The number of nitrogens with zero attached hydrogens (tertiary/aromatic N) is 1. The second kappa shape index (κ2) is 12.8. The van der Waals surface area contributed by atoms with Crippen molar-refractivity contribution in [2.24, 2.45) is 0 Å². The number of hydrogen-bond donors (Lipinski definition) is 1. The van der Waals surface area contributed by atoms with Crippen LogP contribution in [0.5, 0.6) is 28.7 Å². The second-order valence-corrected chi connectivity index (χ2v) is 7.77. The topological polar surface area (TPSA) is 118 Å². The number of nitro benzene ring substituents is 1. The van der Waals surface area contributed by atoms with Crippen LogP contribution in [0, 0.1) is 10.1 Å². The van der Waals surface area contributed by atoms with Gasteiger partial charge in [-0.05, 0) is 47.0 Å². The third kappa shape index (κ3) is 6.61. The Morgan fingerprint density at radius 2 is 1.29 bits per heavy atom. The van der Waals surface area contributed by atoms with Crippen LogP contribution in [0.15, 0.2) is 54.6 Å². The Morgan fingerprint density at radius 3 is 1.82 bits per heavy atom. The van der Waals surface area contributed by atoms with E-state index < -0.39 is 10.8 Å². The van der Waals surface area contributed by atoms with E-state index in [9.17, 15) is 14.9 Å². The first kappa shape index (κ1) is 27.6. The van der Waals surface area contributed by atoms with Crippen LogP contribution < -0.4 is 29.0 Å². The van der Waals surface area contributed by atoms with E-state index in [2.05, 4.69) is 5.32 Å². The van der Waals surface area contributed by atoms with E-state index in [1.54, 1.807) is 50.6 Å². The quantitative estimate of drug-likeness (QED) is 0.153. The molecule has 3 aromatic carbocycles. The van der Waals surface area contributed by atoms with E-state index in [1.165, 1.54) is 45.6 Å². The molecule has 198 valence electrons. The molecule has 0 aliphatic rings. The number of benzene rings is 3. The number of nitro groups is 1.